The van der Waals surface area contributed by atoms with Crippen molar-refractivity contribution in [2.24, 2.45) is 5.92 Å². The molecule has 1 amide bonds. The van der Waals surface area contributed by atoms with Crippen molar-refractivity contribution in [1.82, 2.24) is 5.32 Å². The Bertz CT molecular complexity index is 488. The Hall–Kier alpha value is -2.03. The Morgan fingerprint density at radius 3 is 2.39 bits per heavy atom. The van der Waals surface area contributed by atoms with Crippen LogP contribution in [0.1, 0.15) is 36.0 Å². The maximum absolute atomic E-state index is 12.0. The molecule has 1 aromatic heterocycles. The molecule has 2 rings (SSSR count). The zero-order valence-electron chi connectivity index (χ0n) is 10.6. The van der Waals surface area contributed by atoms with E-state index in [1.807, 2.05) is 30.3 Å². The Labute approximate surface area is 107 Å². The van der Waals surface area contributed by atoms with E-state index in [0.29, 0.717) is 11.7 Å². The molecule has 0 fully saturated rings. The number of amides is 1. The van der Waals surface area contributed by atoms with Crippen molar-refractivity contribution in [3.8, 4) is 0 Å². The molecule has 3 heteroatoms. The van der Waals surface area contributed by atoms with Crippen LogP contribution in [0, 0.1) is 5.92 Å². The van der Waals surface area contributed by atoms with E-state index in [0.717, 1.165) is 5.56 Å². The summed E-state index contributed by atoms with van der Waals surface area (Å²) in [5, 5.41) is 3.00. The van der Waals surface area contributed by atoms with E-state index in [1.54, 1.807) is 12.1 Å². The molecule has 2 aromatic rings. The van der Waals surface area contributed by atoms with E-state index in [-0.39, 0.29) is 11.9 Å². The Morgan fingerprint density at radius 1 is 1.11 bits per heavy atom. The minimum atomic E-state index is -0.178. The average Bonchev–Trinajstić information content (AvgIpc) is 2.90. The molecule has 1 aromatic carbocycles. The van der Waals surface area contributed by atoms with Crippen LogP contribution in [0.15, 0.2) is 53.1 Å². The predicted molar refractivity (Wildman–Crippen MR) is 70.2 cm³/mol. The molecule has 0 saturated heterocycles. The largest absolute Gasteiger partial charge is 0.459 e. The first-order chi connectivity index (χ1) is 8.68. The number of hydrogen-bond acceptors (Lipinski definition) is 2. The Morgan fingerprint density at radius 2 is 1.83 bits per heavy atom. The van der Waals surface area contributed by atoms with Gasteiger partial charge in [0.15, 0.2) is 5.76 Å². The third-order valence-electron chi connectivity index (χ3n) is 2.86. The molecule has 0 aliphatic rings. The Balaban J connectivity index is 2.15. The smallest absolute Gasteiger partial charge is 0.287 e. The first kappa shape index (κ1) is 12.4. The van der Waals surface area contributed by atoms with Crippen LogP contribution in [0.5, 0.6) is 0 Å². The van der Waals surface area contributed by atoms with Gasteiger partial charge in [0.1, 0.15) is 0 Å². The van der Waals surface area contributed by atoms with Crippen LogP contribution >= 0.6 is 0 Å². The van der Waals surface area contributed by atoms with Crippen LogP contribution < -0.4 is 5.32 Å². The number of carbonyl (C=O) groups is 1. The standard InChI is InChI=1S/C15H17NO2/c1-11(2)14(12-7-4-3-5-8-12)16-15(17)13-9-6-10-18-13/h3-11,14H,1-2H3,(H,16,17)/t14-/m0/s1. The third-order valence-corrected chi connectivity index (χ3v) is 2.86. The molecule has 0 spiro atoms. The summed E-state index contributed by atoms with van der Waals surface area (Å²) in [6.07, 6.45) is 1.50. The summed E-state index contributed by atoms with van der Waals surface area (Å²) in [4.78, 5) is 12.0. The zero-order chi connectivity index (χ0) is 13.0. The molecule has 0 bridgehead atoms. The molecule has 1 atom stereocenters. The fourth-order valence-corrected chi connectivity index (χ4v) is 1.92. The van der Waals surface area contributed by atoms with Crippen molar-refractivity contribution in [3.63, 3.8) is 0 Å². The lowest BCUT2D eigenvalue weighted by Gasteiger charge is -2.22. The summed E-state index contributed by atoms with van der Waals surface area (Å²) >= 11 is 0. The maximum Gasteiger partial charge on any atom is 0.287 e. The second kappa shape index (κ2) is 5.54. The van der Waals surface area contributed by atoms with Gasteiger partial charge in [-0.05, 0) is 23.6 Å². The number of rotatable bonds is 4. The molecule has 1 N–H and O–H groups in total. The maximum atomic E-state index is 12.0. The van der Waals surface area contributed by atoms with Crippen LogP contribution in [-0.2, 0) is 0 Å². The monoisotopic (exact) mass is 243 g/mol. The molecule has 0 radical (unpaired) electrons. The van der Waals surface area contributed by atoms with Gasteiger partial charge in [-0.15, -0.1) is 0 Å². The van der Waals surface area contributed by atoms with E-state index in [2.05, 4.69) is 19.2 Å². The molecular weight excluding hydrogens is 226 g/mol. The summed E-state index contributed by atoms with van der Waals surface area (Å²) < 4.78 is 5.10. The summed E-state index contributed by atoms with van der Waals surface area (Å²) in [6, 6.07) is 13.3. The van der Waals surface area contributed by atoms with Crippen molar-refractivity contribution in [1.29, 1.82) is 0 Å². The summed E-state index contributed by atoms with van der Waals surface area (Å²) in [6.45, 7) is 4.17. The van der Waals surface area contributed by atoms with Crippen molar-refractivity contribution in [2.75, 3.05) is 0 Å². The third kappa shape index (κ3) is 2.80. The molecule has 0 saturated carbocycles. The topological polar surface area (TPSA) is 42.2 Å². The van der Waals surface area contributed by atoms with Gasteiger partial charge in [-0.1, -0.05) is 44.2 Å². The number of hydrogen-bond donors (Lipinski definition) is 1. The fraction of sp³-hybridized carbons (Fsp3) is 0.267. The van der Waals surface area contributed by atoms with Crippen LogP contribution in [0.3, 0.4) is 0 Å². The molecule has 0 aliphatic heterocycles. The van der Waals surface area contributed by atoms with Crippen molar-refractivity contribution >= 4 is 5.91 Å². The van der Waals surface area contributed by atoms with Gasteiger partial charge in [0, 0.05) is 0 Å². The molecular formula is C15H17NO2. The van der Waals surface area contributed by atoms with Gasteiger partial charge >= 0.3 is 0 Å². The van der Waals surface area contributed by atoms with E-state index in [9.17, 15) is 4.79 Å². The average molecular weight is 243 g/mol. The van der Waals surface area contributed by atoms with Gasteiger partial charge in [-0.3, -0.25) is 4.79 Å². The van der Waals surface area contributed by atoms with Gasteiger partial charge in [0.05, 0.1) is 12.3 Å². The van der Waals surface area contributed by atoms with Gasteiger partial charge in [-0.2, -0.15) is 0 Å². The van der Waals surface area contributed by atoms with Crippen LogP contribution in [-0.4, -0.2) is 5.91 Å². The second-order valence-electron chi connectivity index (χ2n) is 4.58. The Kier molecular flexibility index (Phi) is 3.82. The predicted octanol–water partition coefficient (Wildman–Crippen LogP) is 3.41. The quantitative estimate of drug-likeness (QED) is 0.894. The van der Waals surface area contributed by atoms with Gasteiger partial charge in [-0.25, -0.2) is 0 Å². The van der Waals surface area contributed by atoms with Crippen LogP contribution in [0.2, 0.25) is 0 Å². The fourth-order valence-electron chi connectivity index (χ4n) is 1.92. The van der Waals surface area contributed by atoms with Crippen LogP contribution in [0.4, 0.5) is 0 Å². The highest BCUT2D eigenvalue weighted by Gasteiger charge is 2.19. The first-order valence-corrected chi connectivity index (χ1v) is 6.08. The van der Waals surface area contributed by atoms with Gasteiger partial charge in [0.25, 0.3) is 5.91 Å². The number of benzene rings is 1. The number of nitrogens with one attached hydrogen (secondary N) is 1. The highest BCUT2D eigenvalue weighted by Crippen LogP contribution is 2.21. The first-order valence-electron chi connectivity index (χ1n) is 6.08. The van der Waals surface area contributed by atoms with Crippen molar-refractivity contribution in [3.05, 3.63) is 60.1 Å². The number of furan rings is 1. The summed E-state index contributed by atoms with van der Waals surface area (Å²) in [5.74, 6) is 0.477. The zero-order valence-corrected chi connectivity index (χ0v) is 10.6. The van der Waals surface area contributed by atoms with E-state index >= 15 is 0 Å². The lowest BCUT2D eigenvalue weighted by molar-refractivity contribution is 0.0897. The highest BCUT2D eigenvalue weighted by molar-refractivity contribution is 5.91. The molecule has 1 heterocycles. The van der Waals surface area contributed by atoms with Gasteiger partial charge in [0.2, 0.25) is 0 Å². The SMILES string of the molecule is CC(C)[C@H](NC(=O)c1ccco1)c1ccccc1. The molecule has 94 valence electrons. The normalized spacial score (nSPS) is 12.4. The summed E-state index contributed by atoms with van der Waals surface area (Å²) in [7, 11) is 0. The summed E-state index contributed by atoms with van der Waals surface area (Å²) in [5.41, 5.74) is 1.10. The highest BCUT2D eigenvalue weighted by atomic mass is 16.3. The molecule has 0 aliphatic carbocycles. The lowest BCUT2D eigenvalue weighted by Crippen LogP contribution is -2.31. The van der Waals surface area contributed by atoms with Crippen LogP contribution in [0.25, 0.3) is 0 Å². The number of carbonyl (C=O) groups excluding carboxylic acids is 1. The minimum Gasteiger partial charge on any atom is -0.459 e. The molecule has 3 nitrogen and oxygen atoms in total. The van der Waals surface area contributed by atoms with E-state index in [1.165, 1.54) is 6.26 Å². The minimum absolute atomic E-state index is 0.0104. The molecule has 18 heavy (non-hydrogen) atoms. The van der Waals surface area contributed by atoms with Crippen molar-refractivity contribution in [2.45, 2.75) is 19.9 Å². The van der Waals surface area contributed by atoms with Crippen molar-refractivity contribution < 1.29 is 9.21 Å². The van der Waals surface area contributed by atoms with E-state index < -0.39 is 0 Å². The second-order valence-corrected chi connectivity index (χ2v) is 4.58. The van der Waals surface area contributed by atoms with E-state index in [4.69, 9.17) is 4.42 Å². The van der Waals surface area contributed by atoms with Gasteiger partial charge < -0.3 is 9.73 Å². The molecule has 0 unspecified atom stereocenters. The lowest BCUT2D eigenvalue weighted by atomic mass is 9.96.